The van der Waals surface area contributed by atoms with E-state index in [1.54, 1.807) is 6.92 Å². The first-order valence-corrected chi connectivity index (χ1v) is 12.7. The van der Waals surface area contributed by atoms with Crippen molar-refractivity contribution >= 4 is 11.6 Å². The fraction of sp³-hybridized carbons (Fsp3) is 0.643. The average Bonchev–Trinajstić information content (AvgIpc) is 3.10. The number of hydrogen-bond acceptors (Lipinski definition) is 2. The Balaban J connectivity index is 0.000000767. The molecular formula is C28H45F3N2O. The Morgan fingerprint density at radius 3 is 2.12 bits per heavy atom. The van der Waals surface area contributed by atoms with Crippen molar-refractivity contribution in [2.24, 2.45) is 4.99 Å². The number of carbonyl (C=O) groups excluding carboxylic acids is 1. The Morgan fingerprint density at radius 2 is 1.65 bits per heavy atom. The van der Waals surface area contributed by atoms with Gasteiger partial charge in [-0.1, -0.05) is 77.8 Å². The summed E-state index contributed by atoms with van der Waals surface area (Å²) in [6.45, 7) is 13.0. The van der Waals surface area contributed by atoms with E-state index in [1.165, 1.54) is 6.92 Å². The van der Waals surface area contributed by atoms with Gasteiger partial charge in [0.15, 0.2) is 12.0 Å². The number of carbonyl (C=O) groups is 1. The highest BCUT2D eigenvalue weighted by Gasteiger charge is 2.36. The molecule has 0 amide bonds. The van der Waals surface area contributed by atoms with Crippen LogP contribution in [0.15, 0.2) is 46.6 Å². The van der Waals surface area contributed by atoms with Gasteiger partial charge in [-0.25, -0.2) is 18.2 Å². The van der Waals surface area contributed by atoms with E-state index in [9.17, 15) is 18.0 Å². The maximum absolute atomic E-state index is 14.5. The van der Waals surface area contributed by atoms with Crippen LogP contribution in [-0.2, 0) is 4.79 Å². The molecule has 6 heteroatoms. The Kier molecular flexibility index (Phi) is 15.5. The maximum Gasteiger partial charge on any atom is 0.248 e. The number of halogens is 3. The molecule has 0 bridgehead atoms. The van der Waals surface area contributed by atoms with Gasteiger partial charge in [-0.15, -0.1) is 0 Å². The summed E-state index contributed by atoms with van der Waals surface area (Å²) >= 11 is 0. The lowest BCUT2D eigenvalue weighted by Crippen LogP contribution is -2.26. The van der Waals surface area contributed by atoms with Crippen molar-refractivity contribution in [1.29, 1.82) is 0 Å². The van der Waals surface area contributed by atoms with Gasteiger partial charge in [0.2, 0.25) is 5.92 Å². The van der Waals surface area contributed by atoms with Crippen molar-refractivity contribution in [3.63, 3.8) is 0 Å². The van der Waals surface area contributed by atoms with Crippen LogP contribution in [0.5, 0.6) is 0 Å². The lowest BCUT2D eigenvalue weighted by Gasteiger charge is -2.22. The van der Waals surface area contributed by atoms with Crippen LogP contribution in [0, 0.1) is 0 Å². The molecule has 1 aliphatic heterocycles. The van der Waals surface area contributed by atoms with E-state index in [2.05, 4.69) is 4.99 Å². The smallest absolute Gasteiger partial charge is 0.248 e. The van der Waals surface area contributed by atoms with E-state index in [-0.39, 0.29) is 24.7 Å². The molecule has 1 saturated heterocycles. The third-order valence-electron chi connectivity index (χ3n) is 5.73. The minimum Gasteiger partial charge on any atom is -0.353 e. The van der Waals surface area contributed by atoms with Crippen molar-refractivity contribution in [2.75, 3.05) is 7.05 Å². The molecule has 0 N–H and O–H groups in total. The topological polar surface area (TPSA) is 32.7 Å². The number of nitrogens with zero attached hydrogens (tertiary/aromatic N) is 2. The first-order chi connectivity index (χ1) is 16.1. The minimum atomic E-state index is -2.40. The Hall–Kier alpha value is -2.11. The number of allylic oxidation sites excluding steroid dienone is 2. The summed E-state index contributed by atoms with van der Waals surface area (Å²) in [5, 5.41) is 0. The number of ketones is 1. The molecule has 1 aromatic rings. The van der Waals surface area contributed by atoms with Gasteiger partial charge in [-0.2, -0.15) is 0 Å². The van der Waals surface area contributed by atoms with E-state index >= 15 is 0 Å². The van der Waals surface area contributed by atoms with E-state index in [1.807, 2.05) is 76.9 Å². The molecule has 2 atom stereocenters. The highest BCUT2D eigenvalue weighted by Crippen LogP contribution is 2.34. The summed E-state index contributed by atoms with van der Waals surface area (Å²) in [5.74, 6) is -2.16. The predicted molar refractivity (Wildman–Crippen MR) is 138 cm³/mol. The highest BCUT2D eigenvalue weighted by molar-refractivity contribution is 5.99. The molecule has 0 spiro atoms. The van der Waals surface area contributed by atoms with Crippen molar-refractivity contribution in [1.82, 2.24) is 4.90 Å². The van der Waals surface area contributed by atoms with Gasteiger partial charge in [-0.3, -0.25) is 4.79 Å². The van der Waals surface area contributed by atoms with Gasteiger partial charge in [0, 0.05) is 33.2 Å². The Labute approximate surface area is 205 Å². The largest absolute Gasteiger partial charge is 0.353 e. The lowest BCUT2D eigenvalue weighted by atomic mass is 10.0. The number of rotatable bonds is 9. The molecule has 1 aromatic carbocycles. The molecule has 194 valence electrons. The molecular weight excluding hydrogens is 437 g/mol. The van der Waals surface area contributed by atoms with E-state index in [0.717, 1.165) is 24.0 Å². The van der Waals surface area contributed by atoms with Crippen LogP contribution in [0.25, 0.3) is 0 Å². The summed E-state index contributed by atoms with van der Waals surface area (Å²) in [7, 11) is 1.84. The fourth-order valence-electron chi connectivity index (χ4n) is 3.71. The van der Waals surface area contributed by atoms with Gasteiger partial charge in [0.1, 0.15) is 11.5 Å². The molecule has 2 rings (SSSR count). The number of aliphatic imine (C=N–C) groups is 1. The van der Waals surface area contributed by atoms with Crippen LogP contribution in [0.2, 0.25) is 0 Å². The summed E-state index contributed by atoms with van der Waals surface area (Å²) in [6.07, 6.45) is 2.16. The maximum atomic E-state index is 14.5. The number of alkyl halides is 3. The summed E-state index contributed by atoms with van der Waals surface area (Å²) in [5.41, 5.74) is 2.35. The van der Waals surface area contributed by atoms with E-state index < -0.39 is 12.1 Å². The molecule has 2 unspecified atom stereocenters. The number of benzene rings is 1. The van der Waals surface area contributed by atoms with Crippen LogP contribution < -0.4 is 0 Å². The summed E-state index contributed by atoms with van der Waals surface area (Å²) in [4.78, 5) is 18.0. The zero-order valence-electron chi connectivity index (χ0n) is 22.4. The van der Waals surface area contributed by atoms with Crippen molar-refractivity contribution < 1.29 is 18.0 Å². The zero-order chi connectivity index (χ0) is 26.3. The highest BCUT2D eigenvalue weighted by atomic mass is 19.3. The number of amidine groups is 1. The first kappa shape index (κ1) is 31.9. The van der Waals surface area contributed by atoms with Crippen molar-refractivity contribution in [2.45, 2.75) is 112 Å². The second-order valence-electron chi connectivity index (χ2n) is 8.46. The monoisotopic (exact) mass is 482 g/mol. The van der Waals surface area contributed by atoms with Gasteiger partial charge < -0.3 is 4.90 Å². The standard InChI is InChI=1S/C18H23FN2O.C8H16F2.C2H6/c1-5-12(2)17(13(3)22)20-18-15(19)11-16(21(18)4)14-9-7-6-8-10-14;1-3-5-7-8(9,10)6-4-2;1-2/h6-10,15-16H,5,11H2,1-4H3;3-7H2,1-2H3;1-2H3. The molecule has 0 radical (unpaired) electrons. The predicted octanol–water partition coefficient (Wildman–Crippen LogP) is 8.71. The Morgan fingerprint density at radius 1 is 1.06 bits per heavy atom. The Bertz CT molecular complexity index is 775. The molecule has 34 heavy (non-hydrogen) atoms. The van der Waals surface area contributed by atoms with Gasteiger partial charge in [0.05, 0.1) is 6.04 Å². The minimum absolute atomic E-state index is 0.0370. The van der Waals surface area contributed by atoms with Crippen LogP contribution in [-0.4, -0.2) is 35.7 Å². The molecule has 1 aliphatic rings. The molecule has 0 aliphatic carbocycles. The van der Waals surface area contributed by atoms with Crippen molar-refractivity contribution in [3.05, 3.63) is 47.2 Å². The quantitative estimate of drug-likeness (QED) is 0.330. The summed E-state index contributed by atoms with van der Waals surface area (Å²) < 4.78 is 39.7. The summed E-state index contributed by atoms with van der Waals surface area (Å²) in [6, 6.07) is 9.80. The van der Waals surface area contributed by atoms with E-state index in [4.69, 9.17) is 0 Å². The second kappa shape index (κ2) is 16.5. The van der Waals surface area contributed by atoms with Gasteiger partial charge in [-0.05, 0) is 30.9 Å². The fourth-order valence-corrected chi connectivity index (χ4v) is 3.71. The number of hydrogen-bond donors (Lipinski definition) is 0. The second-order valence-corrected chi connectivity index (χ2v) is 8.46. The molecule has 1 heterocycles. The number of unbranched alkanes of at least 4 members (excludes halogenated alkanes) is 1. The van der Waals surface area contributed by atoms with Crippen LogP contribution >= 0.6 is 0 Å². The molecule has 0 aromatic heterocycles. The van der Waals surface area contributed by atoms with Crippen LogP contribution in [0.1, 0.15) is 105 Å². The van der Waals surface area contributed by atoms with Crippen LogP contribution in [0.3, 0.4) is 0 Å². The number of Topliss-reactive ketones (excluding diaryl/α,β-unsaturated/α-hetero) is 1. The molecule has 1 fully saturated rings. The SMILES string of the molecule is CC.CCC(C)=C(N=C1C(F)CC(c2ccccc2)N1C)C(C)=O.CCCCC(F)(F)CCC. The normalized spacial score (nSPS) is 19.6. The third-order valence-corrected chi connectivity index (χ3v) is 5.73. The number of likely N-dealkylation sites (tertiary alicyclic amines) is 1. The van der Waals surface area contributed by atoms with Gasteiger partial charge in [0.25, 0.3) is 0 Å². The third kappa shape index (κ3) is 10.4. The first-order valence-electron chi connectivity index (χ1n) is 12.7. The lowest BCUT2D eigenvalue weighted by molar-refractivity contribution is -0.113. The molecule has 0 saturated carbocycles. The van der Waals surface area contributed by atoms with Gasteiger partial charge >= 0.3 is 0 Å². The molecule has 3 nitrogen and oxygen atoms in total. The average molecular weight is 483 g/mol. The van der Waals surface area contributed by atoms with E-state index in [0.29, 0.717) is 30.8 Å². The van der Waals surface area contributed by atoms with Crippen LogP contribution in [0.4, 0.5) is 13.2 Å². The zero-order valence-corrected chi connectivity index (χ0v) is 22.4. The van der Waals surface area contributed by atoms with Crippen molar-refractivity contribution in [3.8, 4) is 0 Å².